The third-order valence-electron chi connectivity index (χ3n) is 5.95. The van der Waals surface area contributed by atoms with Crippen LogP contribution in [0.15, 0.2) is 42.7 Å². The van der Waals surface area contributed by atoms with Gasteiger partial charge in [0.15, 0.2) is 0 Å². The van der Waals surface area contributed by atoms with Crippen molar-refractivity contribution in [3.05, 3.63) is 48.3 Å². The van der Waals surface area contributed by atoms with Crippen molar-refractivity contribution in [2.45, 2.75) is 39.5 Å². The van der Waals surface area contributed by atoms with Gasteiger partial charge in [-0.2, -0.15) is 0 Å². The van der Waals surface area contributed by atoms with Crippen molar-refractivity contribution >= 4 is 27.8 Å². The van der Waals surface area contributed by atoms with E-state index in [1.807, 2.05) is 19.2 Å². The third-order valence-corrected chi connectivity index (χ3v) is 5.95. The molecule has 0 aliphatic carbocycles. The highest BCUT2D eigenvalue weighted by molar-refractivity contribution is 6.07. The molecule has 1 aliphatic heterocycles. The summed E-state index contributed by atoms with van der Waals surface area (Å²) in [6, 6.07) is 10.5. The van der Waals surface area contributed by atoms with Gasteiger partial charge in [-0.05, 0) is 44.5 Å². The number of nitrogens with zero attached hydrogens (tertiary/aromatic N) is 3. The molecule has 7 nitrogen and oxygen atoms in total. The molecule has 1 aliphatic rings. The maximum atomic E-state index is 6.04. The van der Waals surface area contributed by atoms with Gasteiger partial charge in [0.25, 0.3) is 0 Å². The molecule has 1 fully saturated rings. The van der Waals surface area contributed by atoms with Crippen LogP contribution >= 0.6 is 0 Å². The van der Waals surface area contributed by atoms with Gasteiger partial charge in [-0.3, -0.25) is 4.90 Å². The van der Waals surface area contributed by atoms with Crippen LogP contribution in [0.1, 0.15) is 26.3 Å². The van der Waals surface area contributed by atoms with Crippen molar-refractivity contribution in [2.75, 3.05) is 25.4 Å². The first-order valence-corrected chi connectivity index (χ1v) is 11.2. The molecular weight excluding hydrogens is 402 g/mol. The largest absolute Gasteiger partial charge is 0.494 e. The second-order valence-electron chi connectivity index (χ2n) is 8.61. The van der Waals surface area contributed by atoms with Gasteiger partial charge in [0.2, 0.25) is 0 Å². The van der Waals surface area contributed by atoms with Gasteiger partial charge in [-0.25, -0.2) is 9.97 Å². The Morgan fingerprint density at radius 1 is 1.06 bits per heavy atom. The van der Waals surface area contributed by atoms with Crippen LogP contribution in [0.3, 0.4) is 0 Å². The topological polar surface area (TPSA) is 89.3 Å². The molecule has 1 saturated heterocycles. The second kappa shape index (κ2) is 8.41. The Labute approximate surface area is 187 Å². The molecule has 0 bridgehead atoms. The van der Waals surface area contributed by atoms with Gasteiger partial charge in [0, 0.05) is 47.7 Å². The minimum atomic E-state index is 0.242. The van der Waals surface area contributed by atoms with Gasteiger partial charge in [-0.1, -0.05) is 12.1 Å². The highest BCUT2D eigenvalue weighted by Crippen LogP contribution is 2.32. The van der Waals surface area contributed by atoms with Crippen LogP contribution in [0, 0.1) is 0 Å². The number of anilines is 1. The molecule has 4 aromatic rings. The van der Waals surface area contributed by atoms with Crippen molar-refractivity contribution in [3.8, 4) is 16.9 Å². The SMILES string of the molecule is CCOc1cc(-c2cnc3[nH]c4cnc(N)cc4c3c2)ccc1CN1C[C@@H](C)O[C@@H](C)C1. The summed E-state index contributed by atoms with van der Waals surface area (Å²) in [5, 5.41) is 2.06. The van der Waals surface area contributed by atoms with E-state index < -0.39 is 0 Å². The number of morpholine rings is 1. The standard InChI is InChI=1S/C25H29N5O2/c1-4-31-23-8-17(5-6-18(23)14-30-12-15(2)32-16(3)13-30)19-7-21-20-9-24(26)27-11-22(20)29-25(21)28-10-19/h5-11,15-16H,4,12-14H2,1-3H3,(H2,26,27)(H,28,29)/t15-,16+. The first-order chi connectivity index (χ1) is 15.5. The average molecular weight is 432 g/mol. The maximum Gasteiger partial charge on any atom is 0.138 e. The summed E-state index contributed by atoms with van der Waals surface area (Å²) in [5.74, 6) is 1.42. The van der Waals surface area contributed by atoms with E-state index in [0.717, 1.165) is 58.4 Å². The van der Waals surface area contributed by atoms with E-state index in [1.165, 1.54) is 5.56 Å². The van der Waals surface area contributed by atoms with E-state index in [4.69, 9.17) is 15.2 Å². The highest BCUT2D eigenvalue weighted by atomic mass is 16.5. The number of ether oxygens (including phenoxy) is 2. The summed E-state index contributed by atoms with van der Waals surface area (Å²) in [6.07, 6.45) is 4.13. The normalized spacial score (nSPS) is 19.6. The summed E-state index contributed by atoms with van der Waals surface area (Å²) in [7, 11) is 0. The van der Waals surface area contributed by atoms with E-state index in [-0.39, 0.29) is 12.2 Å². The molecule has 32 heavy (non-hydrogen) atoms. The third kappa shape index (κ3) is 4.01. The monoisotopic (exact) mass is 431 g/mol. The van der Waals surface area contributed by atoms with Crippen molar-refractivity contribution in [2.24, 2.45) is 0 Å². The van der Waals surface area contributed by atoms with E-state index in [1.54, 1.807) is 6.20 Å². The van der Waals surface area contributed by atoms with Crippen LogP contribution in [-0.4, -0.2) is 51.8 Å². The molecule has 1 aromatic carbocycles. The predicted molar refractivity (Wildman–Crippen MR) is 128 cm³/mol. The van der Waals surface area contributed by atoms with Crippen LogP contribution in [-0.2, 0) is 11.3 Å². The second-order valence-corrected chi connectivity index (χ2v) is 8.61. The molecule has 0 radical (unpaired) electrons. The van der Waals surface area contributed by atoms with Crippen LogP contribution in [0.5, 0.6) is 5.75 Å². The van der Waals surface area contributed by atoms with Crippen LogP contribution < -0.4 is 10.5 Å². The summed E-state index contributed by atoms with van der Waals surface area (Å²) in [6.45, 7) is 9.61. The molecule has 7 heteroatoms. The number of H-pyrrole nitrogens is 1. The fourth-order valence-corrected chi connectivity index (χ4v) is 4.66. The van der Waals surface area contributed by atoms with E-state index in [0.29, 0.717) is 12.4 Å². The Balaban J connectivity index is 1.49. The molecule has 5 rings (SSSR count). The molecule has 3 aromatic heterocycles. The van der Waals surface area contributed by atoms with E-state index in [9.17, 15) is 0 Å². The van der Waals surface area contributed by atoms with Crippen molar-refractivity contribution in [1.29, 1.82) is 0 Å². The van der Waals surface area contributed by atoms with Gasteiger partial charge < -0.3 is 20.2 Å². The zero-order valence-corrected chi connectivity index (χ0v) is 18.8. The molecular formula is C25H29N5O2. The number of aromatic amines is 1. The molecule has 0 saturated carbocycles. The number of nitrogens with two attached hydrogens (primary N) is 1. The number of hydrogen-bond donors (Lipinski definition) is 2. The van der Waals surface area contributed by atoms with Crippen LogP contribution in [0.2, 0.25) is 0 Å². The Morgan fingerprint density at radius 2 is 1.88 bits per heavy atom. The summed E-state index contributed by atoms with van der Waals surface area (Å²) < 4.78 is 11.9. The number of aromatic nitrogens is 3. The average Bonchev–Trinajstić information content (AvgIpc) is 3.11. The lowest BCUT2D eigenvalue weighted by Crippen LogP contribution is -2.44. The number of benzene rings is 1. The fraction of sp³-hybridized carbons (Fsp3) is 0.360. The van der Waals surface area contributed by atoms with Gasteiger partial charge in [-0.15, -0.1) is 0 Å². The summed E-state index contributed by atoms with van der Waals surface area (Å²) >= 11 is 0. The Bertz CT molecular complexity index is 1260. The van der Waals surface area contributed by atoms with Crippen LogP contribution in [0.4, 0.5) is 5.82 Å². The zero-order chi connectivity index (χ0) is 22.2. The minimum absolute atomic E-state index is 0.242. The molecule has 0 amide bonds. The number of hydrogen-bond acceptors (Lipinski definition) is 6. The number of rotatable bonds is 5. The Kier molecular flexibility index (Phi) is 5.45. The lowest BCUT2D eigenvalue weighted by Gasteiger charge is -2.35. The molecule has 4 heterocycles. The number of fused-ring (bicyclic) bond motifs is 3. The van der Waals surface area contributed by atoms with Crippen LogP contribution in [0.25, 0.3) is 33.1 Å². The number of nitrogens with one attached hydrogen (secondary N) is 1. The van der Waals surface area contributed by atoms with Crippen molar-refractivity contribution in [3.63, 3.8) is 0 Å². The Morgan fingerprint density at radius 3 is 2.66 bits per heavy atom. The smallest absolute Gasteiger partial charge is 0.138 e. The quantitative estimate of drug-likeness (QED) is 0.488. The van der Waals surface area contributed by atoms with Crippen molar-refractivity contribution < 1.29 is 9.47 Å². The lowest BCUT2D eigenvalue weighted by molar-refractivity contribution is -0.0706. The van der Waals surface area contributed by atoms with E-state index >= 15 is 0 Å². The molecule has 2 atom stereocenters. The van der Waals surface area contributed by atoms with Gasteiger partial charge in [0.1, 0.15) is 17.2 Å². The number of pyridine rings is 2. The van der Waals surface area contributed by atoms with Gasteiger partial charge >= 0.3 is 0 Å². The first-order valence-electron chi connectivity index (χ1n) is 11.2. The number of nitrogen functional groups attached to an aromatic ring is 1. The minimum Gasteiger partial charge on any atom is -0.494 e. The first kappa shape index (κ1) is 20.7. The fourth-order valence-electron chi connectivity index (χ4n) is 4.66. The highest BCUT2D eigenvalue weighted by Gasteiger charge is 2.23. The molecule has 0 spiro atoms. The Hall–Kier alpha value is -3.16. The predicted octanol–water partition coefficient (Wildman–Crippen LogP) is 4.37. The maximum absolute atomic E-state index is 6.04. The summed E-state index contributed by atoms with van der Waals surface area (Å²) in [4.78, 5) is 14.6. The van der Waals surface area contributed by atoms with E-state index in [2.05, 4.69) is 58.0 Å². The molecule has 0 unspecified atom stereocenters. The molecule has 3 N–H and O–H groups in total. The zero-order valence-electron chi connectivity index (χ0n) is 18.8. The lowest BCUT2D eigenvalue weighted by atomic mass is 10.0. The summed E-state index contributed by atoms with van der Waals surface area (Å²) in [5.41, 5.74) is 11.0. The van der Waals surface area contributed by atoms with Crippen molar-refractivity contribution in [1.82, 2.24) is 19.9 Å². The van der Waals surface area contributed by atoms with Gasteiger partial charge in [0.05, 0.1) is 30.5 Å². The molecule has 166 valence electrons.